The van der Waals surface area contributed by atoms with Crippen molar-refractivity contribution in [2.75, 3.05) is 20.6 Å². The fraction of sp³-hybridized carbons (Fsp3) is 0.300. The van der Waals surface area contributed by atoms with Crippen LogP contribution in [-0.2, 0) is 0 Å². The molecule has 14 heavy (non-hydrogen) atoms. The van der Waals surface area contributed by atoms with Gasteiger partial charge in [0.15, 0.2) is 5.78 Å². The number of carbonyl (C=O) groups is 1. The molecular formula is C10H11F2NO. The number of benzene rings is 1. The van der Waals surface area contributed by atoms with Gasteiger partial charge in [-0.05, 0) is 32.3 Å². The van der Waals surface area contributed by atoms with Gasteiger partial charge in [0.05, 0.1) is 12.1 Å². The number of halogens is 2. The van der Waals surface area contributed by atoms with Crippen molar-refractivity contribution in [3.05, 3.63) is 35.4 Å². The van der Waals surface area contributed by atoms with Crippen LogP contribution in [0.1, 0.15) is 10.4 Å². The molecule has 0 amide bonds. The first kappa shape index (κ1) is 10.8. The highest BCUT2D eigenvalue weighted by Gasteiger charge is 2.13. The van der Waals surface area contributed by atoms with E-state index >= 15 is 0 Å². The van der Waals surface area contributed by atoms with Gasteiger partial charge in [0.25, 0.3) is 0 Å². The predicted molar refractivity (Wildman–Crippen MR) is 49.2 cm³/mol. The van der Waals surface area contributed by atoms with Crippen LogP contribution in [0.25, 0.3) is 0 Å². The molecule has 0 bridgehead atoms. The molecule has 0 radical (unpaired) electrons. The lowest BCUT2D eigenvalue weighted by Crippen LogP contribution is -2.22. The van der Waals surface area contributed by atoms with Crippen LogP contribution in [0.3, 0.4) is 0 Å². The molecule has 0 saturated carbocycles. The largest absolute Gasteiger partial charge is 0.302 e. The number of hydrogen-bond acceptors (Lipinski definition) is 2. The van der Waals surface area contributed by atoms with Crippen LogP contribution in [0.15, 0.2) is 18.2 Å². The minimum absolute atomic E-state index is 0.0698. The molecule has 4 heteroatoms. The Kier molecular flexibility index (Phi) is 3.30. The topological polar surface area (TPSA) is 20.3 Å². The number of rotatable bonds is 3. The maximum Gasteiger partial charge on any atom is 0.179 e. The van der Waals surface area contributed by atoms with Crippen LogP contribution in [0.4, 0.5) is 8.78 Å². The quantitative estimate of drug-likeness (QED) is 0.691. The fourth-order valence-corrected chi connectivity index (χ4v) is 1.08. The van der Waals surface area contributed by atoms with Gasteiger partial charge in [0.2, 0.25) is 0 Å². The summed E-state index contributed by atoms with van der Waals surface area (Å²) in [5.41, 5.74) is -0.196. The molecule has 0 atom stereocenters. The number of ketones is 1. The lowest BCUT2D eigenvalue weighted by Gasteiger charge is -2.08. The molecule has 0 aliphatic heterocycles. The summed E-state index contributed by atoms with van der Waals surface area (Å²) < 4.78 is 25.8. The predicted octanol–water partition coefficient (Wildman–Crippen LogP) is 1.71. The third-order valence-electron chi connectivity index (χ3n) is 1.69. The number of carbonyl (C=O) groups excluding carboxylic acids is 1. The maximum absolute atomic E-state index is 13.1. The van der Waals surface area contributed by atoms with Gasteiger partial charge in [-0.2, -0.15) is 0 Å². The zero-order chi connectivity index (χ0) is 10.7. The standard InChI is InChI=1S/C10H11F2NO/c1-13(2)6-10(14)8-5-7(11)3-4-9(8)12/h3-5H,6H2,1-2H3. The van der Waals surface area contributed by atoms with E-state index < -0.39 is 17.4 Å². The van der Waals surface area contributed by atoms with Crippen molar-refractivity contribution in [3.8, 4) is 0 Å². The van der Waals surface area contributed by atoms with Crippen LogP contribution >= 0.6 is 0 Å². The summed E-state index contributed by atoms with van der Waals surface area (Å²) in [4.78, 5) is 13.0. The fourth-order valence-electron chi connectivity index (χ4n) is 1.08. The third kappa shape index (κ3) is 2.60. The molecule has 0 saturated heterocycles. The Morgan fingerprint density at radius 3 is 2.57 bits per heavy atom. The SMILES string of the molecule is CN(C)CC(=O)c1cc(F)ccc1F. The number of nitrogens with zero attached hydrogens (tertiary/aromatic N) is 1. The van der Waals surface area contributed by atoms with Gasteiger partial charge < -0.3 is 4.90 Å². The highest BCUT2D eigenvalue weighted by Crippen LogP contribution is 2.10. The highest BCUT2D eigenvalue weighted by molar-refractivity contribution is 5.97. The van der Waals surface area contributed by atoms with Gasteiger partial charge in [-0.15, -0.1) is 0 Å². The summed E-state index contributed by atoms with van der Waals surface area (Å²) in [5.74, 6) is -1.71. The minimum Gasteiger partial charge on any atom is -0.302 e. The zero-order valence-corrected chi connectivity index (χ0v) is 8.05. The van der Waals surface area contributed by atoms with Crippen molar-refractivity contribution in [2.45, 2.75) is 0 Å². The second-order valence-electron chi connectivity index (χ2n) is 3.29. The van der Waals surface area contributed by atoms with Gasteiger partial charge in [0, 0.05) is 0 Å². The minimum atomic E-state index is -0.682. The molecule has 0 aliphatic carbocycles. The highest BCUT2D eigenvalue weighted by atomic mass is 19.1. The molecule has 0 aromatic heterocycles. The van der Waals surface area contributed by atoms with Gasteiger partial charge in [0.1, 0.15) is 11.6 Å². The molecule has 1 rings (SSSR count). The summed E-state index contributed by atoms with van der Waals surface area (Å²) in [6.07, 6.45) is 0. The molecule has 0 fully saturated rings. The Morgan fingerprint density at radius 2 is 2.00 bits per heavy atom. The van der Waals surface area contributed by atoms with E-state index in [4.69, 9.17) is 0 Å². The Morgan fingerprint density at radius 1 is 1.36 bits per heavy atom. The van der Waals surface area contributed by atoms with E-state index in [9.17, 15) is 13.6 Å². The first-order valence-corrected chi connectivity index (χ1v) is 4.13. The van der Waals surface area contributed by atoms with Crippen LogP contribution < -0.4 is 0 Å². The van der Waals surface area contributed by atoms with Crippen LogP contribution in [-0.4, -0.2) is 31.3 Å². The molecule has 0 spiro atoms. The second-order valence-corrected chi connectivity index (χ2v) is 3.29. The van der Waals surface area contributed by atoms with Crippen molar-refractivity contribution in [2.24, 2.45) is 0 Å². The van der Waals surface area contributed by atoms with E-state index in [1.165, 1.54) is 0 Å². The molecule has 1 aromatic rings. The Hall–Kier alpha value is -1.29. The summed E-state index contributed by atoms with van der Waals surface area (Å²) in [5, 5.41) is 0. The van der Waals surface area contributed by atoms with Gasteiger partial charge in [-0.25, -0.2) is 8.78 Å². The number of hydrogen-bond donors (Lipinski definition) is 0. The van der Waals surface area contributed by atoms with Crippen molar-refractivity contribution in [1.82, 2.24) is 4.90 Å². The average Bonchev–Trinajstić information content (AvgIpc) is 2.08. The third-order valence-corrected chi connectivity index (χ3v) is 1.69. The molecular weight excluding hydrogens is 188 g/mol. The summed E-state index contributed by atoms with van der Waals surface area (Å²) in [6, 6.07) is 2.86. The monoisotopic (exact) mass is 199 g/mol. The van der Waals surface area contributed by atoms with E-state index in [1.54, 1.807) is 19.0 Å². The zero-order valence-electron chi connectivity index (χ0n) is 8.05. The van der Waals surface area contributed by atoms with E-state index in [0.717, 1.165) is 18.2 Å². The van der Waals surface area contributed by atoms with Gasteiger partial charge >= 0.3 is 0 Å². The summed E-state index contributed by atoms with van der Waals surface area (Å²) in [7, 11) is 3.38. The van der Waals surface area contributed by atoms with Crippen LogP contribution in [0, 0.1) is 11.6 Å². The second kappa shape index (κ2) is 4.28. The van der Waals surface area contributed by atoms with E-state index in [0.29, 0.717) is 0 Å². The van der Waals surface area contributed by atoms with Crippen molar-refractivity contribution in [1.29, 1.82) is 0 Å². The summed E-state index contributed by atoms with van der Waals surface area (Å²) >= 11 is 0. The molecule has 0 aliphatic rings. The lowest BCUT2D eigenvalue weighted by atomic mass is 10.1. The van der Waals surface area contributed by atoms with Crippen molar-refractivity contribution in [3.63, 3.8) is 0 Å². The molecule has 76 valence electrons. The van der Waals surface area contributed by atoms with Gasteiger partial charge in [-0.1, -0.05) is 0 Å². The maximum atomic E-state index is 13.1. The Balaban J connectivity index is 2.94. The first-order chi connectivity index (χ1) is 6.50. The normalized spacial score (nSPS) is 10.6. The number of Topliss-reactive ketones (excluding diaryl/α,β-unsaturated/α-hetero) is 1. The Labute approximate surface area is 81.1 Å². The van der Waals surface area contributed by atoms with Crippen molar-refractivity contribution >= 4 is 5.78 Å². The Bertz CT molecular complexity index is 350. The lowest BCUT2D eigenvalue weighted by molar-refractivity contribution is 0.0953. The summed E-state index contributed by atoms with van der Waals surface area (Å²) in [6.45, 7) is 0.0698. The molecule has 2 nitrogen and oxygen atoms in total. The smallest absolute Gasteiger partial charge is 0.179 e. The molecule has 0 unspecified atom stereocenters. The van der Waals surface area contributed by atoms with E-state index in [2.05, 4.69) is 0 Å². The average molecular weight is 199 g/mol. The molecule has 1 aromatic carbocycles. The molecule has 0 N–H and O–H groups in total. The first-order valence-electron chi connectivity index (χ1n) is 4.13. The van der Waals surface area contributed by atoms with Crippen molar-refractivity contribution < 1.29 is 13.6 Å². The number of likely N-dealkylation sites (N-methyl/N-ethyl adjacent to an activating group) is 1. The van der Waals surface area contributed by atoms with E-state index in [-0.39, 0.29) is 12.1 Å². The van der Waals surface area contributed by atoms with Crippen LogP contribution in [0.5, 0.6) is 0 Å². The molecule has 0 heterocycles. The van der Waals surface area contributed by atoms with Gasteiger partial charge in [-0.3, -0.25) is 4.79 Å². The van der Waals surface area contributed by atoms with E-state index in [1.807, 2.05) is 0 Å². The van der Waals surface area contributed by atoms with Crippen LogP contribution in [0.2, 0.25) is 0 Å².